The lowest BCUT2D eigenvalue weighted by molar-refractivity contribution is -0.113. The van der Waals surface area contributed by atoms with Gasteiger partial charge in [-0.25, -0.2) is 4.98 Å². The molecule has 2 aliphatic rings. The van der Waals surface area contributed by atoms with Crippen molar-refractivity contribution in [3.8, 4) is 0 Å². The average Bonchev–Trinajstić information content (AvgIpc) is 2.86. The molecule has 0 amide bonds. The van der Waals surface area contributed by atoms with Crippen molar-refractivity contribution in [1.29, 1.82) is 0 Å². The van der Waals surface area contributed by atoms with E-state index in [2.05, 4.69) is 29.5 Å². The Morgan fingerprint density at radius 1 is 1.59 bits per heavy atom. The molecule has 1 aliphatic carbocycles. The molecular formula is C13H20N2OS. The van der Waals surface area contributed by atoms with Crippen molar-refractivity contribution in [2.24, 2.45) is 11.3 Å². The van der Waals surface area contributed by atoms with Crippen molar-refractivity contribution in [2.45, 2.75) is 45.9 Å². The molecule has 1 saturated carbocycles. The number of ether oxygens (including phenoxy) is 1. The predicted molar refractivity (Wildman–Crippen MR) is 69.1 cm³/mol. The van der Waals surface area contributed by atoms with Gasteiger partial charge < -0.3 is 10.1 Å². The fourth-order valence-corrected chi connectivity index (χ4v) is 4.14. The molecule has 1 aliphatic heterocycles. The highest BCUT2D eigenvalue weighted by Gasteiger charge is 2.58. The van der Waals surface area contributed by atoms with Gasteiger partial charge in [-0.1, -0.05) is 13.8 Å². The fourth-order valence-electron chi connectivity index (χ4n) is 3.42. The maximum absolute atomic E-state index is 5.80. The van der Waals surface area contributed by atoms with E-state index in [1.165, 1.54) is 11.4 Å². The van der Waals surface area contributed by atoms with Crippen molar-refractivity contribution < 1.29 is 4.74 Å². The summed E-state index contributed by atoms with van der Waals surface area (Å²) in [6.07, 6.45) is 1.68. The second-order valence-electron chi connectivity index (χ2n) is 5.81. The first-order valence-electron chi connectivity index (χ1n) is 6.35. The van der Waals surface area contributed by atoms with E-state index in [9.17, 15) is 0 Å². The Balaban J connectivity index is 1.62. The van der Waals surface area contributed by atoms with Crippen LogP contribution in [0.15, 0.2) is 5.38 Å². The molecule has 1 saturated heterocycles. The van der Waals surface area contributed by atoms with Gasteiger partial charge in [-0.15, -0.1) is 11.3 Å². The number of hydrogen-bond donors (Lipinski definition) is 1. The van der Waals surface area contributed by atoms with Gasteiger partial charge in [-0.3, -0.25) is 0 Å². The summed E-state index contributed by atoms with van der Waals surface area (Å²) >= 11 is 1.75. The first kappa shape index (κ1) is 11.6. The zero-order chi connectivity index (χ0) is 12.0. The molecule has 1 N–H and O–H groups in total. The molecule has 0 spiro atoms. The summed E-state index contributed by atoms with van der Waals surface area (Å²) in [5, 5.41) is 6.99. The lowest BCUT2D eigenvalue weighted by atomic mass is 9.57. The maximum atomic E-state index is 5.80. The Morgan fingerprint density at radius 2 is 2.41 bits per heavy atom. The highest BCUT2D eigenvalue weighted by molar-refractivity contribution is 7.09. The summed E-state index contributed by atoms with van der Waals surface area (Å²) in [6, 6.07) is 0.583. The number of aromatic nitrogens is 1. The highest BCUT2D eigenvalue weighted by Crippen LogP contribution is 2.52. The topological polar surface area (TPSA) is 34.1 Å². The summed E-state index contributed by atoms with van der Waals surface area (Å²) in [4.78, 5) is 4.50. The van der Waals surface area contributed by atoms with Crippen molar-refractivity contribution >= 4 is 11.3 Å². The molecule has 1 aromatic rings. The fraction of sp³-hybridized carbons (Fsp3) is 0.769. The van der Waals surface area contributed by atoms with Gasteiger partial charge in [0, 0.05) is 41.6 Å². The van der Waals surface area contributed by atoms with Crippen LogP contribution in [-0.4, -0.2) is 23.7 Å². The molecule has 0 aromatic carbocycles. The Bertz CT molecular complexity index is 415. The van der Waals surface area contributed by atoms with Gasteiger partial charge in [-0.05, 0) is 13.3 Å². The lowest BCUT2D eigenvalue weighted by Crippen LogP contribution is -2.65. The van der Waals surface area contributed by atoms with E-state index in [4.69, 9.17) is 4.74 Å². The second-order valence-corrected chi connectivity index (χ2v) is 6.75. The molecule has 17 heavy (non-hydrogen) atoms. The van der Waals surface area contributed by atoms with Gasteiger partial charge in [-0.2, -0.15) is 0 Å². The Kier molecular flexibility index (Phi) is 2.76. The Hall–Kier alpha value is -0.450. The van der Waals surface area contributed by atoms with Gasteiger partial charge in [0.25, 0.3) is 0 Å². The number of aryl methyl sites for hydroxylation is 1. The molecular weight excluding hydrogens is 232 g/mol. The van der Waals surface area contributed by atoms with Crippen molar-refractivity contribution in [3.63, 3.8) is 0 Å². The molecule has 3 atom stereocenters. The van der Waals surface area contributed by atoms with Gasteiger partial charge in [0.1, 0.15) is 5.01 Å². The van der Waals surface area contributed by atoms with Crippen LogP contribution in [0.1, 0.15) is 31.0 Å². The van der Waals surface area contributed by atoms with Gasteiger partial charge in [0.15, 0.2) is 0 Å². The number of fused-ring (bicyclic) bond motifs is 1. The van der Waals surface area contributed by atoms with E-state index in [1.54, 1.807) is 11.3 Å². The minimum atomic E-state index is 0.271. The van der Waals surface area contributed by atoms with E-state index in [0.717, 1.165) is 18.8 Å². The van der Waals surface area contributed by atoms with Crippen molar-refractivity contribution in [3.05, 3.63) is 16.1 Å². The van der Waals surface area contributed by atoms with Crippen LogP contribution in [0.25, 0.3) is 0 Å². The summed E-state index contributed by atoms with van der Waals surface area (Å²) in [5.74, 6) is 0.714. The third kappa shape index (κ3) is 1.83. The lowest BCUT2D eigenvalue weighted by Gasteiger charge is -2.54. The third-order valence-electron chi connectivity index (χ3n) is 4.24. The highest BCUT2D eigenvalue weighted by atomic mass is 32.1. The SMILES string of the molecule is Cc1csc(CNC2C3CCOC3C2(C)C)n1. The van der Waals surface area contributed by atoms with Crippen molar-refractivity contribution in [2.75, 3.05) is 6.61 Å². The van der Waals surface area contributed by atoms with Crippen LogP contribution in [0.2, 0.25) is 0 Å². The summed E-state index contributed by atoms with van der Waals surface area (Å²) in [6.45, 7) is 8.51. The third-order valence-corrected chi connectivity index (χ3v) is 5.21. The van der Waals surface area contributed by atoms with Gasteiger partial charge in [0.05, 0.1) is 6.10 Å². The summed E-state index contributed by atoms with van der Waals surface area (Å²) < 4.78 is 5.80. The van der Waals surface area contributed by atoms with Crippen molar-refractivity contribution in [1.82, 2.24) is 10.3 Å². The molecule has 3 nitrogen and oxygen atoms in total. The van der Waals surface area contributed by atoms with Gasteiger partial charge in [0.2, 0.25) is 0 Å². The Morgan fingerprint density at radius 3 is 3.12 bits per heavy atom. The maximum Gasteiger partial charge on any atom is 0.107 e. The molecule has 0 bridgehead atoms. The molecule has 3 unspecified atom stereocenters. The zero-order valence-corrected chi connectivity index (χ0v) is 11.5. The van der Waals surface area contributed by atoms with Crippen LogP contribution < -0.4 is 5.32 Å². The van der Waals surface area contributed by atoms with Crippen LogP contribution in [0.3, 0.4) is 0 Å². The average molecular weight is 252 g/mol. The molecule has 94 valence electrons. The van der Waals surface area contributed by atoms with E-state index in [1.807, 2.05) is 6.92 Å². The quantitative estimate of drug-likeness (QED) is 0.896. The monoisotopic (exact) mass is 252 g/mol. The summed E-state index contributed by atoms with van der Waals surface area (Å²) in [7, 11) is 0. The number of hydrogen-bond acceptors (Lipinski definition) is 4. The minimum Gasteiger partial charge on any atom is -0.377 e. The standard InChI is InChI=1S/C13H20N2OS/c1-8-7-17-10(15-8)6-14-11-9-4-5-16-12(9)13(11,2)3/h7,9,11-12,14H,4-6H2,1-3H3. The Labute approximate surface area is 107 Å². The van der Waals surface area contributed by atoms with E-state index in [-0.39, 0.29) is 5.41 Å². The molecule has 2 fully saturated rings. The number of nitrogens with one attached hydrogen (secondary N) is 1. The molecule has 2 heterocycles. The molecule has 0 radical (unpaired) electrons. The van der Waals surface area contributed by atoms with Crippen LogP contribution in [0, 0.1) is 18.3 Å². The predicted octanol–water partition coefficient (Wildman–Crippen LogP) is 2.35. The second kappa shape index (κ2) is 4.04. The van der Waals surface area contributed by atoms with E-state index >= 15 is 0 Å². The normalized spacial score (nSPS) is 34.4. The van der Waals surface area contributed by atoms with Crippen LogP contribution in [0.5, 0.6) is 0 Å². The first-order valence-corrected chi connectivity index (χ1v) is 7.23. The summed E-state index contributed by atoms with van der Waals surface area (Å²) in [5.41, 5.74) is 1.40. The minimum absolute atomic E-state index is 0.271. The molecule has 3 rings (SSSR count). The van der Waals surface area contributed by atoms with Crippen LogP contribution in [0.4, 0.5) is 0 Å². The van der Waals surface area contributed by atoms with Gasteiger partial charge >= 0.3 is 0 Å². The molecule has 1 aromatic heterocycles. The van der Waals surface area contributed by atoms with E-state index in [0.29, 0.717) is 18.1 Å². The number of rotatable bonds is 3. The number of nitrogens with zero attached hydrogens (tertiary/aromatic N) is 1. The zero-order valence-electron chi connectivity index (χ0n) is 10.7. The first-order chi connectivity index (χ1) is 8.09. The van der Waals surface area contributed by atoms with Crippen LogP contribution in [-0.2, 0) is 11.3 Å². The largest absolute Gasteiger partial charge is 0.377 e. The number of thiazole rings is 1. The van der Waals surface area contributed by atoms with Crippen LogP contribution >= 0.6 is 11.3 Å². The smallest absolute Gasteiger partial charge is 0.107 e. The van der Waals surface area contributed by atoms with E-state index < -0.39 is 0 Å². The molecule has 4 heteroatoms.